The molecule has 2 saturated carbocycles. The summed E-state index contributed by atoms with van der Waals surface area (Å²) in [5.74, 6) is 0.0370. The molecule has 2 bridgehead atoms. The minimum Gasteiger partial charge on any atom is -0.485 e. The molecule has 0 unspecified atom stereocenters. The van der Waals surface area contributed by atoms with E-state index in [2.05, 4.69) is 16.9 Å². The Morgan fingerprint density at radius 3 is 1.94 bits per heavy atom. The molecule has 3 fully saturated rings. The van der Waals surface area contributed by atoms with Crippen molar-refractivity contribution >= 4 is 23.3 Å². The van der Waals surface area contributed by atoms with E-state index in [9.17, 15) is 27.6 Å². The summed E-state index contributed by atoms with van der Waals surface area (Å²) >= 11 is 0. The first-order valence-electron chi connectivity index (χ1n) is 11.4. The van der Waals surface area contributed by atoms with Crippen molar-refractivity contribution in [3.05, 3.63) is 66.2 Å². The van der Waals surface area contributed by atoms with E-state index >= 15 is 0 Å². The van der Waals surface area contributed by atoms with Gasteiger partial charge in [0.05, 0.1) is 17.5 Å². The second-order valence-corrected chi connectivity index (χ2v) is 9.44. The SMILES string of the molecule is O=C(COc1ccc(N2C(=O)[C@@H]3[C@@H]4C=C[C@@H]([C@H]5C[C@@H]45)[C@@H]3C2=O)cc1)c1ccc(OC(F)(F)F)cc1. The lowest BCUT2D eigenvalue weighted by Crippen LogP contribution is -2.40. The van der Waals surface area contributed by atoms with Crippen LogP contribution in [0, 0.1) is 35.5 Å². The number of ether oxygens (including phenoxy) is 2. The van der Waals surface area contributed by atoms with Gasteiger partial charge >= 0.3 is 6.36 Å². The predicted molar refractivity (Wildman–Crippen MR) is 117 cm³/mol. The average molecular weight is 483 g/mol. The molecule has 0 N–H and O–H groups in total. The zero-order valence-electron chi connectivity index (χ0n) is 18.3. The van der Waals surface area contributed by atoms with Crippen LogP contribution in [0.4, 0.5) is 18.9 Å². The van der Waals surface area contributed by atoms with Gasteiger partial charge in [0.25, 0.3) is 0 Å². The molecule has 0 radical (unpaired) electrons. The molecule has 6 nitrogen and oxygen atoms in total. The number of allylic oxidation sites excluding steroid dienone is 2. The van der Waals surface area contributed by atoms with Gasteiger partial charge in [0.1, 0.15) is 11.5 Å². The van der Waals surface area contributed by atoms with Crippen molar-refractivity contribution in [1.29, 1.82) is 0 Å². The predicted octanol–water partition coefficient (Wildman–Crippen LogP) is 4.40. The topological polar surface area (TPSA) is 72.9 Å². The molecule has 0 spiro atoms. The monoisotopic (exact) mass is 483 g/mol. The summed E-state index contributed by atoms with van der Waals surface area (Å²) in [5, 5.41) is 0. The first-order valence-corrected chi connectivity index (χ1v) is 11.4. The molecule has 180 valence electrons. The van der Waals surface area contributed by atoms with Crippen LogP contribution in [0.1, 0.15) is 16.8 Å². The summed E-state index contributed by atoms with van der Waals surface area (Å²) in [4.78, 5) is 40.0. The van der Waals surface area contributed by atoms with Gasteiger partial charge in [-0.15, -0.1) is 13.2 Å². The number of carbonyl (C=O) groups excluding carboxylic acids is 3. The first kappa shape index (κ1) is 21.9. The Bertz CT molecular complexity index is 1200. The molecule has 4 aliphatic carbocycles. The maximum Gasteiger partial charge on any atom is 0.573 e. The Hall–Kier alpha value is -3.62. The summed E-state index contributed by atoms with van der Waals surface area (Å²) in [5.41, 5.74) is 0.648. The van der Waals surface area contributed by atoms with Crippen LogP contribution in [0.25, 0.3) is 0 Å². The van der Waals surface area contributed by atoms with Gasteiger partial charge in [-0.25, -0.2) is 0 Å². The molecule has 1 aliphatic heterocycles. The molecule has 5 aliphatic rings. The number of ketones is 1. The fourth-order valence-electron chi connectivity index (χ4n) is 5.98. The van der Waals surface area contributed by atoms with Gasteiger partial charge in [0.15, 0.2) is 12.4 Å². The number of benzene rings is 2. The molecule has 9 heteroatoms. The third-order valence-corrected chi connectivity index (χ3v) is 7.54. The molecule has 35 heavy (non-hydrogen) atoms. The lowest BCUT2D eigenvalue weighted by molar-refractivity contribution is -0.274. The highest BCUT2D eigenvalue weighted by molar-refractivity contribution is 6.22. The lowest BCUT2D eigenvalue weighted by atomic mass is 9.63. The lowest BCUT2D eigenvalue weighted by Gasteiger charge is -2.37. The Kier molecular flexibility index (Phi) is 4.81. The van der Waals surface area contributed by atoms with E-state index in [1.165, 1.54) is 17.0 Å². The standard InChI is InChI=1S/C26H20F3NO5/c27-26(28,29)35-16-5-1-13(2-6-16)21(31)12-34-15-7-3-14(4-8-15)30-24(32)22-17-9-10-18(20-11-19(17)20)23(22)25(30)33/h1-10,17-20,22-23H,11-12H2/t17-,18+,19+,20-,22-,23+. The largest absolute Gasteiger partial charge is 0.573 e. The Labute approximate surface area is 198 Å². The highest BCUT2D eigenvalue weighted by Crippen LogP contribution is 2.65. The average Bonchev–Trinajstić information content (AvgIpc) is 3.61. The van der Waals surface area contributed by atoms with E-state index < -0.39 is 17.9 Å². The maximum atomic E-state index is 13.2. The van der Waals surface area contributed by atoms with E-state index in [1.807, 2.05) is 0 Å². The second-order valence-electron chi connectivity index (χ2n) is 9.44. The number of rotatable bonds is 6. The second kappa shape index (κ2) is 7.69. The maximum absolute atomic E-state index is 13.2. The Morgan fingerprint density at radius 2 is 1.40 bits per heavy atom. The van der Waals surface area contributed by atoms with Gasteiger partial charge in [-0.05, 0) is 78.6 Å². The van der Waals surface area contributed by atoms with Crippen LogP contribution >= 0.6 is 0 Å². The minimum absolute atomic E-state index is 0.147. The number of imide groups is 1. The number of Topliss-reactive ketones (excluding diaryl/α,β-unsaturated/α-hetero) is 1. The van der Waals surface area contributed by atoms with Gasteiger partial charge in [-0.2, -0.15) is 0 Å². The van der Waals surface area contributed by atoms with Crippen LogP contribution in [-0.4, -0.2) is 30.6 Å². The number of hydrogen-bond donors (Lipinski definition) is 0. The third-order valence-electron chi connectivity index (χ3n) is 7.54. The number of hydrogen-bond acceptors (Lipinski definition) is 5. The fourth-order valence-corrected chi connectivity index (χ4v) is 5.98. The van der Waals surface area contributed by atoms with Gasteiger partial charge in [-0.3, -0.25) is 19.3 Å². The van der Waals surface area contributed by atoms with E-state index in [0.717, 1.165) is 18.6 Å². The number of carbonyl (C=O) groups is 3. The molecule has 0 aromatic heterocycles. The van der Waals surface area contributed by atoms with E-state index in [-0.39, 0.29) is 47.7 Å². The highest BCUT2D eigenvalue weighted by Gasteiger charge is 2.67. The van der Waals surface area contributed by atoms with E-state index in [0.29, 0.717) is 23.3 Å². The normalized spacial score (nSPS) is 30.2. The van der Waals surface area contributed by atoms with Crippen LogP contribution in [-0.2, 0) is 9.59 Å². The molecule has 2 amide bonds. The van der Waals surface area contributed by atoms with Crippen molar-refractivity contribution < 1.29 is 37.0 Å². The van der Waals surface area contributed by atoms with Gasteiger partial charge in [0, 0.05) is 5.56 Å². The molecule has 1 heterocycles. The van der Waals surface area contributed by atoms with Crippen LogP contribution < -0.4 is 14.4 Å². The van der Waals surface area contributed by atoms with Crippen molar-refractivity contribution in [2.24, 2.45) is 35.5 Å². The first-order chi connectivity index (χ1) is 16.7. The summed E-state index contributed by atoms with van der Waals surface area (Å²) in [7, 11) is 0. The van der Waals surface area contributed by atoms with Crippen molar-refractivity contribution in [2.45, 2.75) is 12.8 Å². The smallest absolute Gasteiger partial charge is 0.485 e. The molecule has 2 aromatic carbocycles. The number of halogens is 3. The summed E-state index contributed by atoms with van der Waals surface area (Å²) in [6.07, 6.45) is 0.547. The fraction of sp³-hybridized carbons (Fsp3) is 0.346. The number of anilines is 1. The summed E-state index contributed by atoms with van der Waals surface area (Å²) in [6.45, 7) is -0.331. The highest BCUT2D eigenvalue weighted by atomic mass is 19.4. The van der Waals surface area contributed by atoms with Crippen molar-refractivity contribution in [1.82, 2.24) is 0 Å². The molecule has 2 aromatic rings. The number of nitrogens with zero attached hydrogens (tertiary/aromatic N) is 1. The van der Waals surface area contributed by atoms with Crippen LogP contribution in [0.5, 0.6) is 11.5 Å². The molecular formula is C26H20F3NO5. The zero-order valence-corrected chi connectivity index (χ0v) is 18.3. The Balaban J connectivity index is 1.09. The van der Waals surface area contributed by atoms with Crippen LogP contribution in [0.3, 0.4) is 0 Å². The van der Waals surface area contributed by atoms with E-state index in [4.69, 9.17) is 4.74 Å². The van der Waals surface area contributed by atoms with Gasteiger partial charge in [0.2, 0.25) is 11.8 Å². The van der Waals surface area contributed by atoms with Crippen LogP contribution in [0.15, 0.2) is 60.7 Å². The van der Waals surface area contributed by atoms with Crippen LogP contribution in [0.2, 0.25) is 0 Å². The van der Waals surface area contributed by atoms with E-state index in [1.54, 1.807) is 24.3 Å². The quantitative estimate of drug-likeness (QED) is 0.346. The van der Waals surface area contributed by atoms with Crippen molar-refractivity contribution in [3.63, 3.8) is 0 Å². The third kappa shape index (κ3) is 3.69. The number of alkyl halides is 3. The van der Waals surface area contributed by atoms with Gasteiger partial charge in [-0.1, -0.05) is 12.2 Å². The minimum atomic E-state index is -4.81. The molecule has 1 saturated heterocycles. The number of amides is 2. The zero-order chi connectivity index (χ0) is 24.5. The molecule has 6 atom stereocenters. The summed E-state index contributed by atoms with van der Waals surface area (Å²) < 4.78 is 46.1. The molecule has 7 rings (SSSR count). The van der Waals surface area contributed by atoms with Crippen molar-refractivity contribution in [2.75, 3.05) is 11.5 Å². The van der Waals surface area contributed by atoms with Crippen molar-refractivity contribution in [3.8, 4) is 11.5 Å². The summed E-state index contributed by atoms with van der Waals surface area (Å²) in [6, 6.07) is 11.0. The van der Waals surface area contributed by atoms with Gasteiger partial charge < -0.3 is 9.47 Å². The molecular weight excluding hydrogens is 463 g/mol. The Morgan fingerprint density at radius 1 is 0.857 bits per heavy atom.